The van der Waals surface area contributed by atoms with Gasteiger partial charge in [-0.25, -0.2) is 8.78 Å². The molecule has 4 aromatic rings. The predicted molar refractivity (Wildman–Crippen MR) is 115 cm³/mol. The number of rotatable bonds is 6. The van der Waals surface area contributed by atoms with E-state index in [1.165, 1.54) is 42.5 Å². The number of halogens is 2. The minimum absolute atomic E-state index is 0.206. The molecule has 2 amide bonds. The molecule has 0 fully saturated rings. The number of aromatic amines is 1. The molecule has 0 saturated carbocycles. The maximum absolute atomic E-state index is 13.5. The largest absolute Gasteiger partial charge is 0.361 e. The van der Waals surface area contributed by atoms with E-state index in [1.54, 1.807) is 12.3 Å². The van der Waals surface area contributed by atoms with Gasteiger partial charge in [-0.1, -0.05) is 24.3 Å². The summed E-state index contributed by atoms with van der Waals surface area (Å²) in [6.07, 6.45) is 2.00. The van der Waals surface area contributed by atoms with Crippen molar-refractivity contribution in [3.05, 3.63) is 102 Å². The van der Waals surface area contributed by atoms with Gasteiger partial charge in [-0.3, -0.25) is 9.59 Å². The van der Waals surface area contributed by atoms with Crippen LogP contribution in [0, 0.1) is 11.6 Å². The van der Waals surface area contributed by atoms with E-state index in [4.69, 9.17) is 0 Å². The van der Waals surface area contributed by atoms with Gasteiger partial charge in [0.15, 0.2) is 0 Å². The van der Waals surface area contributed by atoms with E-state index in [9.17, 15) is 18.4 Å². The number of aromatic nitrogens is 1. The number of amides is 2. The van der Waals surface area contributed by atoms with Gasteiger partial charge in [0, 0.05) is 34.8 Å². The molecule has 1 atom stereocenters. The van der Waals surface area contributed by atoms with Crippen molar-refractivity contribution in [2.45, 2.75) is 12.5 Å². The normalized spacial score (nSPS) is 11.8. The van der Waals surface area contributed by atoms with Crippen LogP contribution in [-0.2, 0) is 11.2 Å². The van der Waals surface area contributed by atoms with Gasteiger partial charge in [-0.05, 0) is 54.1 Å². The lowest BCUT2D eigenvalue weighted by atomic mass is 10.0. The Morgan fingerprint density at radius 3 is 2.45 bits per heavy atom. The fourth-order valence-corrected chi connectivity index (χ4v) is 3.37. The average Bonchev–Trinajstić information content (AvgIpc) is 3.16. The maximum atomic E-state index is 13.5. The van der Waals surface area contributed by atoms with E-state index in [1.807, 2.05) is 24.3 Å². The minimum Gasteiger partial charge on any atom is -0.361 e. The van der Waals surface area contributed by atoms with Gasteiger partial charge < -0.3 is 15.6 Å². The lowest BCUT2D eigenvalue weighted by Gasteiger charge is -2.18. The fourth-order valence-electron chi connectivity index (χ4n) is 3.37. The lowest BCUT2D eigenvalue weighted by Crippen LogP contribution is -2.45. The van der Waals surface area contributed by atoms with Crippen LogP contribution in [0.15, 0.2) is 79.0 Å². The second-order valence-electron chi connectivity index (χ2n) is 7.10. The van der Waals surface area contributed by atoms with Crippen molar-refractivity contribution < 1.29 is 18.4 Å². The summed E-state index contributed by atoms with van der Waals surface area (Å²) in [6, 6.07) is 17.2. The smallest absolute Gasteiger partial charge is 0.251 e. The second kappa shape index (κ2) is 8.79. The zero-order chi connectivity index (χ0) is 21.8. The van der Waals surface area contributed by atoms with Crippen LogP contribution in [-0.4, -0.2) is 22.8 Å². The molecule has 4 rings (SSSR count). The van der Waals surface area contributed by atoms with Gasteiger partial charge in [-0.15, -0.1) is 0 Å². The third kappa shape index (κ3) is 4.78. The van der Waals surface area contributed by atoms with Crippen molar-refractivity contribution in [2.75, 3.05) is 5.32 Å². The molecule has 0 saturated heterocycles. The molecule has 31 heavy (non-hydrogen) atoms. The minimum atomic E-state index is -0.944. The first kappa shape index (κ1) is 20.3. The zero-order valence-corrected chi connectivity index (χ0v) is 16.4. The summed E-state index contributed by atoms with van der Waals surface area (Å²) in [5, 5.41) is 6.29. The monoisotopic (exact) mass is 419 g/mol. The van der Waals surface area contributed by atoms with Crippen LogP contribution in [0.4, 0.5) is 14.5 Å². The van der Waals surface area contributed by atoms with Crippen LogP contribution in [0.25, 0.3) is 10.9 Å². The first-order valence-electron chi connectivity index (χ1n) is 9.67. The van der Waals surface area contributed by atoms with E-state index < -0.39 is 29.5 Å². The summed E-state index contributed by atoms with van der Waals surface area (Å²) in [7, 11) is 0. The predicted octanol–water partition coefficient (Wildman–Crippen LogP) is 4.43. The molecule has 156 valence electrons. The molecular formula is C24H19F2N3O2. The van der Waals surface area contributed by atoms with Crippen molar-refractivity contribution in [2.24, 2.45) is 0 Å². The fraction of sp³-hybridized carbons (Fsp3) is 0.0833. The molecule has 0 radical (unpaired) electrons. The highest BCUT2D eigenvalue weighted by Gasteiger charge is 2.23. The highest BCUT2D eigenvalue weighted by molar-refractivity contribution is 6.01. The molecular weight excluding hydrogens is 400 g/mol. The number of carbonyl (C=O) groups excluding carboxylic acids is 2. The molecule has 0 spiro atoms. The maximum Gasteiger partial charge on any atom is 0.251 e. The Morgan fingerprint density at radius 2 is 1.68 bits per heavy atom. The summed E-state index contributed by atoms with van der Waals surface area (Å²) in [4.78, 5) is 28.8. The number of fused-ring (bicyclic) bond motifs is 1. The Hall–Kier alpha value is -4.00. The van der Waals surface area contributed by atoms with Gasteiger partial charge in [0.2, 0.25) is 5.91 Å². The lowest BCUT2D eigenvalue weighted by molar-refractivity contribution is -0.118. The van der Waals surface area contributed by atoms with Crippen molar-refractivity contribution in [1.29, 1.82) is 0 Å². The molecule has 0 bridgehead atoms. The summed E-state index contributed by atoms with van der Waals surface area (Å²) in [5.74, 6) is -1.96. The molecule has 5 nitrogen and oxygen atoms in total. The first-order chi connectivity index (χ1) is 15.0. The van der Waals surface area contributed by atoms with Crippen LogP contribution in [0.1, 0.15) is 15.9 Å². The van der Waals surface area contributed by atoms with Gasteiger partial charge >= 0.3 is 0 Å². The Labute approximate surface area is 177 Å². The first-order valence-corrected chi connectivity index (χ1v) is 9.67. The molecule has 1 aromatic heterocycles. The molecule has 1 unspecified atom stereocenters. The zero-order valence-electron chi connectivity index (χ0n) is 16.4. The Bertz CT molecular complexity index is 1240. The molecule has 1 heterocycles. The van der Waals surface area contributed by atoms with Gasteiger partial charge in [0.1, 0.15) is 17.7 Å². The van der Waals surface area contributed by atoms with Crippen molar-refractivity contribution >= 4 is 28.4 Å². The van der Waals surface area contributed by atoms with Gasteiger partial charge in [-0.2, -0.15) is 0 Å². The standard InChI is InChI=1S/C24H19F2N3O2/c25-17-10-8-15(9-11-17)23(30)29-22(24(31)28-19-5-3-4-18(26)13-19)12-16-14-27-21-7-2-1-6-20(16)21/h1-11,13-14,22,27H,12H2,(H,28,31)(H,29,30). The van der Waals surface area contributed by atoms with Gasteiger partial charge in [0.25, 0.3) is 5.91 Å². The number of para-hydroxylation sites is 1. The molecule has 3 aromatic carbocycles. The molecule has 7 heteroatoms. The molecule has 3 N–H and O–H groups in total. The van der Waals surface area contributed by atoms with Crippen molar-refractivity contribution in [1.82, 2.24) is 10.3 Å². The van der Waals surface area contributed by atoms with E-state index in [2.05, 4.69) is 15.6 Å². The summed E-state index contributed by atoms with van der Waals surface area (Å²) in [6.45, 7) is 0. The molecule has 0 aliphatic carbocycles. The topological polar surface area (TPSA) is 74.0 Å². The third-order valence-corrected chi connectivity index (χ3v) is 4.92. The summed E-state index contributed by atoms with van der Waals surface area (Å²) in [5.41, 5.74) is 2.26. The van der Waals surface area contributed by atoms with E-state index >= 15 is 0 Å². The second-order valence-corrected chi connectivity index (χ2v) is 7.10. The van der Waals surface area contributed by atoms with E-state index in [0.29, 0.717) is 0 Å². The number of hydrogen-bond donors (Lipinski definition) is 3. The van der Waals surface area contributed by atoms with Gasteiger partial charge in [0.05, 0.1) is 0 Å². The SMILES string of the molecule is O=C(NC(Cc1c[nH]c2ccccc12)C(=O)Nc1cccc(F)c1)c1ccc(F)cc1. The van der Waals surface area contributed by atoms with Crippen LogP contribution in [0.3, 0.4) is 0 Å². The van der Waals surface area contributed by atoms with Crippen LogP contribution in [0.2, 0.25) is 0 Å². The van der Waals surface area contributed by atoms with Crippen molar-refractivity contribution in [3.8, 4) is 0 Å². The molecule has 0 aliphatic rings. The molecule has 0 aliphatic heterocycles. The Balaban J connectivity index is 1.59. The Morgan fingerprint density at radius 1 is 0.903 bits per heavy atom. The highest BCUT2D eigenvalue weighted by Crippen LogP contribution is 2.20. The average molecular weight is 419 g/mol. The van der Waals surface area contributed by atoms with E-state index in [0.717, 1.165) is 16.5 Å². The van der Waals surface area contributed by atoms with Crippen LogP contribution >= 0.6 is 0 Å². The summed E-state index contributed by atoms with van der Waals surface area (Å²) < 4.78 is 26.7. The highest BCUT2D eigenvalue weighted by atomic mass is 19.1. The van der Waals surface area contributed by atoms with Crippen LogP contribution in [0.5, 0.6) is 0 Å². The number of hydrogen-bond acceptors (Lipinski definition) is 2. The number of H-pyrrole nitrogens is 1. The third-order valence-electron chi connectivity index (χ3n) is 4.92. The Kier molecular flexibility index (Phi) is 5.75. The quantitative estimate of drug-likeness (QED) is 0.433. The number of nitrogens with one attached hydrogen (secondary N) is 3. The van der Waals surface area contributed by atoms with Crippen molar-refractivity contribution in [3.63, 3.8) is 0 Å². The number of carbonyl (C=O) groups is 2. The summed E-state index contributed by atoms with van der Waals surface area (Å²) >= 11 is 0. The van der Waals surface area contributed by atoms with Crippen LogP contribution < -0.4 is 10.6 Å². The number of anilines is 1. The number of benzene rings is 3. The van der Waals surface area contributed by atoms with E-state index in [-0.39, 0.29) is 17.7 Å².